The van der Waals surface area contributed by atoms with Gasteiger partial charge in [-0.05, 0) is 40.5 Å². The van der Waals surface area contributed by atoms with E-state index < -0.39 is 0 Å². The maximum absolute atomic E-state index is 12.5. The molecule has 0 bridgehead atoms. The Balaban J connectivity index is 1.45. The molecule has 0 fully saturated rings. The lowest BCUT2D eigenvalue weighted by molar-refractivity contribution is 0.102. The SMILES string of the molecule is CCc1ccc(Cc2nnc(NC(=O)c3ccc4ccccc4c3)o2)cc1. The van der Waals surface area contributed by atoms with Gasteiger partial charge >= 0.3 is 6.01 Å². The average molecular weight is 357 g/mol. The first-order valence-electron chi connectivity index (χ1n) is 8.91. The molecule has 1 aromatic heterocycles. The van der Waals surface area contributed by atoms with Gasteiger partial charge in [0.05, 0.1) is 6.42 Å². The highest BCUT2D eigenvalue weighted by atomic mass is 16.4. The van der Waals surface area contributed by atoms with Crippen molar-refractivity contribution in [2.75, 3.05) is 5.32 Å². The Bertz CT molecular complexity index is 1080. The van der Waals surface area contributed by atoms with E-state index in [0.29, 0.717) is 17.9 Å². The number of hydrogen-bond donors (Lipinski definition) is 1. The molecule has 0 saturated carbocycles. The van der Waals surface area contributed by atoms with Crippen molar-refractivity contribution in [3.05, 3.63) is 89.3 Å². The monoisotopic (exact) mass is 357 g/mol. The molecule has 5 nitrogen and oxygen atoms in total. The van der Waals surface area contributed by atoms with Gasteiger partial charge in [0.25, 0.3) is 5.91 Å². The van der Waals surface area contributed by atoms with Crippen LogP contribution in [0.15, 0.2) is 71.1 Å². The van der Waals surface area contributed by atoms with Gasteiger partial charge in [-0.2, -0.15) is 0 Å². The van der Waals surface area contributed by atoms with Crippen molar-refractivity contribution in [2.24, 2.45) is 0 Å². The zero-order chi connectivity index (χ0) is 18.6. The van der Waals surface area contributed by atoms with Gasteiger partial charge in [0, 0.05) is 5.56 Å². The maximum Gasteiger partial charge on any atom is 0.322 e. The lowest BCUT2D eigenvalue weighted by Gasteiger charge is -2.03. The molecule has 0 aliphatic carbocycles. The van der Waals surface area contributed by atoms with Gasteiger partial charge < -0.3 is 4.42 Å². The Morgan fingerprint density at radius 1 is 0.926 bits per heavy atom. The summed E-state index contributed by atoms with van der Waals surface area (Å²) in [7, 11) is 0. The molecule has 0 aliphatic heterocycles. The van der Waals surface area contributed by atoms with Crippen LogP contribution in [0.25, 0.3) is 10.8 Å². The third kappa shape index (κ3) is 3.87. The predicted molar refractivity (Wildman–Crippen MR) is 105 cm³/mol. The van der Waals surface area contributed by atoms with E-state index in [-0.39, 0.29) is 11.9 Å². The Morgan fingerprint density at radius 2 is 1.67 bits per heavy atom. The first kappa shape index (κ1) is 17.0. The summed E-state index contributed by atoms with van der Waals surface area (Å²) < 4.78 is 5.57. The van der Waals surface area contributed by atoms with Crippen molar-refractivity contribution in [2.45, 2.75) is 19.8 Å². The number of benzene rings is 3. The van der Waals surface area contributed by atoms with Gasteiger partial charge in [0.2, 0.25) is 5.89 Å². The molecular weight excluding hydrogens is 338 g/mol. The molecule has 0 atom stereocenters. The Hall–Kier alpha value is -3.47. The van der Waals surface area contributed by atoms with Gasteiger partial charge in [-0.1, -0.05) is 66.6 Å². The summed E-state index contributed by atoms with van der Waals surface area (Å²) in [6.45, 7) is 2.12. The highest BCUT2D eigenvalue weighted by Crippen LogP contribution is 2.17. The Morgan fingerprint density at radius 3 is 2.44 bits per heavy atom. The molecule has 0 aliphatic rings. The van der Waals surface area contributed by atoms with E-state index in [1.807, 2.05) is 36.4 Å². The van der Waals surface area contributed by atoms with Crippen LogP contribution in [0.1, 0.15) is 34.3 Å². The van der Waals surface area contributed by atoms with Crippen molar-refractivity contribution in [3.8, 4) is 0 Å². The fraction of sp³-hybridized carbons (Fsp3) is 0.136. The zero-order valence-corrected chi connectivity index (χ0v) is 15.0. The van der Waals surface area contributed by atoms with Crippen molar-refractivity contribution in [3.63, 3.8) is 0 Å². The number of amides is 1. The van der Waals surface area contributed by atoms with E-state index in [1.54, 1.807) is 6.07 Å². The van der Waals surface area contributed by atoms with Crippen LogP contribution in [0.5, 0.6) is 0 Å². The van der Waals surface area contributed by atoms with Crippen LogP contribution in [0.2, 0.25) is 0 Å². The summed E-state index contributed by atoms with van der Waals surface area (Å²) in [6.07, 6.45) is 1.54. The van der Waals surface area contributed by atoms with Crippen molar-refractivity contribution in [1.29, 1.82) is 0 Å². The highest BCUT2D eigenvalue weighted by molar-refractivity contribution is 6.05. The molecule has 0 spiro atoms. The lowest BCUT2D eigenvalue weighted by Crippen LogP contribution is -2.12. The predicted octanol–water partition coefficient (Wildman–Crippen LogP) is 4.63. The van der Waals surface area contributed by atoms with E-state index in [1.165, 1.54) is 5.56 Å². The van der Waals surface area contributed by atoms with Gasteiger partial charge in [0.1, 0.15) is 0 Å². The van der Waals surface area contributed by atoms with Crippen LogP contribution in [0.3, 0.4) is 0 Å². The van der Waals surface area contributed by atoms with E-state index in [0.717, 1.165) is 22.8 Å². The number of aromatic nitrogens is 2. The van der Waals surface area contributed by atoms with Crippen LogP contribution in [0.4, 0.5) is 6.01 Å². The largest absolute Gasteiger partial charge is 0.407 e. The first-order chi connectivity index (χ1) is 13.2. The van der Waals surface area contributed by atoms with E-state index in [4.69, 9.17) is 4.42 Å². The molecule has 0 radical (unpaired) electrons. The number of fused-ring (bicyclic) bond motifs is 1. The summed E-state index contributed by atoms with van der Waals surface area (Å²) in [5, 5.41) is 12.7. The number of hydrogen-bond acceptors (Lipinski definition) is 4. The zero-order valence-electron chi connectivity index (χ0n) is 15.0. The molecule has 4 rings (SSSR count). The molecule has 5 heteroatoms. The van der Waals surface area contributed by atoms with Crippen molar-refractivity contribution in [1.82, 2.24) is 10.2 Å². The van der Waals surface area contributed by atoms with Crippen LogP contribution in [0, 0.1) is 0 Å². The fourth-order valence-corrected chi connectivity index (χ4v) is 2.94. The van der Waals surface area contributed by atoms with Crippen molar-refractivity contribution >= 4 is 22.7 Å². The maximum atomic E-state index is 12.5. The van der Waals surface area contributed by atoms with Crippen LogP contribution in [-0.4, -0.2) is 16.1 Å². The second-order valence-corrected chi connectivity index (χ2v) is 6.36. The normalized spacial score (nSPS) is 10.9. The quantitative estimate of drug-likeness (QED) is 0.565. The van der Waals surface area contributed by atoms with Crippen molar-refractivity contribution < 1.29 is 9.21 Å². The molecule has 134 valence electrons. The van der Waals surface area contributed by atoms with E-state index >= 15 is 0 Å². The van der Waals surface area contributed by atoms with Gasteiger partial charge in [-0.3, -0.25) is 10.1 Å². The fourth-order valence-electron chi connectivity index (χ4n) is 2.94. The molecular formula is C22H19N3O2. The third-order valence-electron chi connectivity index (χ3n) is 4.49. The van der Waals surface area contributed by atoms with Crippen LogP contribution >= 0.6 is 0 Å². The van der Waals surface area contributed by atoms with Gasteiger partial charge in [-0.15, -0.1) is 5.10 Å². The number of nitrogens with one attached hydrogen (secondary N) is 1. The minimum absolute atomic E-state index is 0.105. The number of aryl methyl sites for hydroxylation is 1. The molecule has 27 heavy (non-hydrogen) atoms. The summed E-state index contributed by atoms with van der Waals surface area (Å²) in [5.41, 5.74) is 2.92. The highest BCUT2D eigenvalue weighted by Gasteiger charge is 2.12. The second kappa shape index (κ2) is 7.41. The average Bonchev–Trinajstić information content (AvgIpc) is 3.15. The minimum atomic E-state index is -0.275. The number of anilines is 1. The molecule has 0 saturated heterocycles. The number of rotatable bonds is 5. The van der Waals surface area contributed by atoms with Crippen LogP contribution in [-0.2, 0) is 12.8 Å². The van der Waals surface area contributed by atoms with Gasteiger partial charge in [-0.25, -0.2) is 0 Å². The molecule has 0 unspecified atom stereocenters. The lowest BCUT2D eigenvalue weighted by atomic mass is 10.1. The smallest absolute Gasteiger partial charge is 0.322 e. The molecule has 4 aromatic rings. The Labute approximate surface area is 157 Å². The van der Waals surface area contributed by atoms with E-state index in [9.17, 15) is 4.79 Å². The standard InChI is InChI=1S/C22H19N3O2/c1-2-15-7-9-16(10-8-15)13-20-24-25-22(27-20)23-21(26)19-12-11-17-5-3-4-6-18(17)14-19/h3-12,14H,2,13H2,1H3,(H,23,25,26). The Kier molecular flexibility index (Phi) is 4.66. The number of carbonyl (C=O) groups is 1. The summed E-state index contributed by atoms with van der Waals surface area (Å²) in [5.74, 6) is 0.191. The summed E-state index contributed by atoms with van der Waals surface area (Å²) in [4.78, 5) is 12.5. The minimum Gasteiger partial charge on any atom is -0.407 e. The second-order valence-electron chi connectivity index (χ2n) is 6.36. The third-order valence-corrected chi connectivity index (χ3v) is 4.49. The van der Waals surface area contributed by atoms with Crippen LogP contribution < -0.4 is 5.32 Å². The summed E-state index contributed by atoms with van der Waals surface area (Å²) in [6, 6.07) is 21.8. The number of carbonyl (C=O) groups excluding carboxylic acids is 1. The number of nitrogens with zero attached hydrogens (tertiary/aromatic N) is 2. The molecule has 1 amide bonds. The molecule has 1 heterocycles. The first-order valence-corrected chi connectivity index (χ1v) is 8.91. The topological polar surface area (TPSA) is 68.0 Å². The van der Waals surface area contributed by atoms with Gasteiger partial charge in [0.15, 0.2) is 0 Å². The molecule has 1 N–H and O–H groups in total. The van der Waals surface area contributed by atoms with E-state index in [2.05, 4.69) is 46.7 Å². The molecule has 3 aromatic carbocycles. The summed E-state index contributed by atoms with van der Waals surface area (Å²) >= 11 is 0.